The quantitative estimate of drug-likeness (QED) is 0.726. The summed E-state index contributed by atoms with van der Waals surface area (Å²) in [6, 6.07) is 11.1. The molecule has 24 heavy (non-hydrogen) atoms. The molecule has 0 aliphatic carbocycles. The molecule has 6 nitrogen and oxygen atoms in total. The molecule has 0 radical (unpaired) electrons. The lowest BCUT2D eigenvalue weighted by Gasteiger charge is -2.01. The number of amides is 1. The highest BCUT2D eigenvalue weighted by atomic mass is 35.5. The first-order valence-corrected chi connectivity index (χ1v) is 9.48. The van der Waals surface area contributed by atoms with Gasteiger partial charge in [0.15, 0.2) is 5.13 Å². The third-order valence-corrected chi connectivity index (χ3v) is 5.86. The van der Waals surface area contributed by atoms with Crippen molar-refractivity contribution in [3.05, 3.63) is 53.1 Å². The van der Waals surface area contributed by atoms with Gasteiger partial charge in [-0.15, -0.1) is 0 Å². The molecule has 124 valence electrons. The smallest absolute Gasteiger partial charge is 0.257 e. The van der Waals surface area contributed by atoms with Crippen molar-refractivity contribution in [3.63, 3.8) is 0 Å². The summed E-state index contributed by atoms with van der Waals surface area (Å²) in [6.07, 6.45) is 0. The maximum atomic E-state index is 12.2. The highest BCUT2D eigenvalue weighted by Gasteiger charge is 2.15. The molecular formula is C15H12ClN3O3S2. The van der Waals surface area contributed by atoms with E-state index in [4.69, 9.17) is 11.6 Å². The first kappa shape index (κ1) is 16.8. The van der Waals surface area contributed by atoms with Crippen LogP contribution in [0, 0.1) is 0 Å². The minimum atomic E-state index is -3.52. The number of nitrogens with zero attached hydrogens (tertiary/aromatic N) is 1. The molecule has 2 N–H and O–H groups in total. The molecule has 3 aromatic rings. The van der Waals surface area contributed by atoms with Gasteiger partial charge in [0.1, 0.15) is 0 Å². The second-order valence-electron chi connectivity index (χ2n) is 4.82. The molecule has 2 aromatic carbocycles. The summed E-state index contributed by atoms with van der Waals surface area (Å²) in [4.78, 5) is 16.6. The second-order valence-corrected chi connectivity index (χ2v) is 8.17. The molecular weight excluding hydrogens is 370 g/mol. The van der Waals surface area contributed by atoms with E-state index < -0.39 is 10.0 Å². The zero-order valence-electron chi connectivity index (χ0n) is 12.4. The fourth-order valence-corrected chi connectivity index (χ4v) is 3.87. The van der Waals surface area contributed by atoms with E-state index in [1.54, 1.807) is 30.3 Å². The zero-order chi connectivity index (χ0) is 17.3. The molecule has 0 aliphatic rings. The molecule has 0 saturated carbocycles. The molecule has 0 atom stereocenters. The molecule has 1 aromatic heterocycles. The van der Waals surface area contributed by atoms with Crippen LogP contribution in [0.5, 0.6) is 0 Å². The van der Waals surface area contributed by atoms with E-state index in [9.17, 15) is 13.2 Å². The van der Waals surface area contributed by atoms with E-state index >= 15 is 0 Å². The van der Waals surface area contributed by atoms with Crippen LogP contribution in [0.25, 0.3) is 10.2 Å². The Balaban J connectivity index is 1.88. The molecule has 1 heterocycles. The third kappa shape index (κ3) is 3.41. The van der Waals surface area contributed by atoms with Gasteiger partial charge in [-0.2, -0.15) is 0 Å². The fourth-order valence-electron chi connectivity index (χ4n) is 2.01. The van der Waals surface area contributed by atoms with Crippen molar-refractivity contribution in [3.8, 4) is 0 Å². The predicted molar refractivity (Wildman–Crippen MR) is 95.3 cm³/mol. The van der Waals surface area contributed by atoms with Crippen molar-refractivity contribution < 1.29 is 13.2 Å². The van der Waals surface area contributed by atoms with Crippen LogP contribution in [0.4, 0.5) is 5.13 Å². The third-order valence-electron chi connectivity index (χ3n) is 3.27. The summed E-state index contributed by atoms with van der Waals surface area (Å²) < 4.78 is 26.6. The Morgan fingerprint density at radius 1 is 1.17 bits per heavy atom. The van der Waals surface area contributed by atoms with Gasteiger partial charge in [0, 0.05) is 10.6 Å². The summed E-state index contributed by atoms with van der Waals surface area (Å²) in [5.41, 5.74) is 1.07. The summed E-state index contributed by atoms with van der Waals surface area (Å²) >= 11 is 7.00. The van der Waals surface area contributed by atoms with Gasteiger partial charge in [-0.3, -0.25) is 10.1 Å². The number of carbonyl (C=O) groups excluding carboxylic acids is 1. The maximum absolute atomic E-state index is 12.2. The summed E-state index contributed by atoms with van der Waals surface area (Å²) in [6.45, 7) is 0. The van der Waals surface area contributed by atoms with E-state index in [1.807, 2.05) is 0 Å². The maximum Gasteiger partial charge on any atom is 0.257 e. The van der Waals surface area contributed by atoms with Gasteiger partial charge < -0.3 is 0 Å². The number of hydrogen-bond donors (Lipinski definition) is 2. The van der Waals surface area contributed by atoms with E-state index in [0.29, 0.717) is 25.9 Å². The Hall–Kier alpha value is -2.00. The SMILES string of the molecule is CNS(=O)(=O)c1ccc2nc(NC(=O)c3ccc(Cl)cc3)sc2c1. The Labute approximate surface area is 147 Å². The normalized spacial score (nSPS) is 11.6. The lowest BCUT2D eigenvalue weighted by molar-refractivity contribution is 0.102. The number of hydrogen-bond acceptors (Lipinski definition) is 5. The van der Waals surface area contributed by atoms with Crippen molar-refractivity contribution in [1.82, 2.24) is 9.71 Å². The van der Waals surface area contributed by atoms with Crippen molar-refractivity contribution in [2.24, 2.45) is 0 Å². The van der Waals surface area contributed by atoms with Gasteiger partial charge in [0.2, 0.25) is 10.0 Å². The Morgan fingerprint density at radius 2 is 1.88 bits per heavy atom. The highest BCUT2D eigenvalue weighted by molar-refractivity contribution is 7.89. The molecule has 3 rings (SSSR count). The number of thiazole rings is 1. The van der Waals surface area contributed by atoms with Gasteiger partial charge in [-0.1, -0.05) is 22.9 Å². The molecule has 0 fully saturated rings. The molecule has 0 spiro atoms. The number of rotatable bonds is 4. The van der Waals surface area contributed by atoms with E-state index in [0.717, 1.165) is 0 Å². The number of anilines is 1. The minimum absolute atomic E-state index is 0.150. The lowest BCUT2D eigenvalue weighted by Crippen LogP contribution is -2.18. The van der Waals surface area contributed by atoms with Crippen LogP contribution in [0.3, 0.4) is 0 Å². The summed E-state index contributed by atoms with van der Waals surface area (Å²) in [5, 5.41) is 3.64. The summed E-state index contributed by atoms with van der Waals surface area (Å²) in [7, 11) is -2.17. The zero-order valence-corrected chi connectivity index (χ0v) is 14.8. The molecule has 9 heteroatoms. The highest BCUT2D eigenvalue weighted by Crippen LogP contribution is 2.28. The average molecular weight is 382 g/mol. The standard InChI is InChI=1S/C15H12ClN3O3S2/c1-17-24(21,22)11-6-7-12-13(8-11)23-15(18-12)19-14(20)9-2-4-10(16)5-3-9/h2-8,17H,1H3,(H,18,19,20). The predicted octanol–water partition coefficient (Wildman–Crippen LogP) is 3.11. The van der Waals surface area contributed by atoms with E-state index in [2.05, 4.69) is 15.0 Å². The lowest BCUT2D eigenvalue weighted by atomic mass is 10.2. The number of halogens is 1. The van der Waals surface area contributed by atoms with Crippen LogP contribution in [0.15, 0.2) is 47.4 Å². The van der Waals surface area contributed by atoms with Gasteiger partial charge >= 0.3 is 0 Å². The van der Waals surface area contributed by atoms with Crippen LogP contribution < -0.4 is 10.0 Å². The number of benzene rings is 2. The number of sulfonamides is 1. The summed E-state index contributed by atoms with van der Waals surface area (Å²) in [5.74, 6) is -0.311. The molecule has 1 amide bonds. The van der Waals surface area contributed by atoms with Crippen molar-refractivity contribution >= 4 is 54.2 Å². The molecule has 0 unspecified atom stereocenters. The fraction of sp³-hybridized carbons (Fsp3) is 0.0667. The van der Waals surface area contributed by atoms with Gasteiger partial charge in [0.05, 0.1) is 15.1 Å². The largest absolute Gasteiger partial charge is 0.298 e. The van der Waals surface area contributed by atoms with Crippen molar-refractivity contribution in [2.75, 3.05) is 12.4 Å². The second kappa shape index (κ2) is 6.48. The van der Waals surface area contributed by atoms with Crippen LogP contribution in [-0.4, -0.2) is 26.4 Å². The van der Waals surface area contributed by atoms with Crippen LogP contribution in [0.2, 0.25) is 5.02 Å². The number of aromatic nitrogens is 1. The molecule has 0 bridgehead atoms. The van der Waals surface area contributed by atoms with Crippen molar-refractivity contribution in [2.45, 2.75) is 4.90 Å². The Bertz CT molecular complexity index is 1010. The van der Waals surface area contributed by atoms with Gasteiger partial charge in [0.25, 0.3) is 5.91 Å². The Morgan fingerprint density at radius 3 is 2.54 bits per heavy atom. The van der Waals surface area contributed by atoms with E-state index in [1.165, 1.54) is 30.5 Å². The van der Waals surface area contributed by atoms with Crippen LogP contribution >= 0.6 is 22.9 Å². The van der Waals surface area contributed by atoms with Crippen molar-refractivity contribution in [1.29, 1.82) is 0 Å². The van der Waals surface area contributed by atoms with E-state index in [-0.39, 0.29) is 10.8 Å². The first-order chi connectivity index (χ1) is 11.4. The minimum Gasteiger partial charge on any atom is -0.298 e. The average Bonchev–Trinajstić information content (AvgIpc) is 2.96. The Kier molecular flexibility index (Phi) is 4.55. The monoisotopic (exact) mass is 381 g/mol. The molecule has 0 saturated heterocycles. The number of fused-ring (bicyclic) bond motifs is 1. The topological polar surface area (TPSA) is 88.2 Å². The van der Waals surface area contributed by atoms with Crippen LogP contribution in [0.1, 0.15) is 10.4 Å². The number of nitrogens with one attached hydrogen (secondary N) is 2. The van der Waals surface area contributed by atoms with Gasteiger partial charge in [-0.25, -0.2) is 18.1 Å². The number of carbonyl (C=O) groups is 1. The first-order valence-electron chi connectivity index (χ1n) is 6.80. The molecule has 0 aliphatic heterocycles. The van der Waals surface area contributed by atoms with Crippen LogP contribution in [-0.2, 0) is 10.0 Å². The van der Waals surface area contributed by atoms with Gasteiger partial charge in [-0.05, 0) is 49.5 Å².